The molecule has 2 saturated carbocycles. The smallest absolute Gasteiger partial charge is 0.274 e. The summed E-state index contributed by atoms with van der Waals surface area (Å²) in [6.45, 7) is 0.908. The molecule has 96 valence electrons. The van der Waals surface area contributed by atoms with Crippen LogP contribution in [0.2, 0.25) is 0 Å². The lowest BCUT2D eigenvalue weighted by atomic mass is 10.2. The maximum absolute atomic E-state index is 13.5. The van der Waals surface area contributed by atoms with Gasteiger partial charge < -0.3 is 4.90 Å². The monoisotopic (exact) mass is 250 g/mol. The van der Waals surface area contributed by atoms with Crippen molar-refractivity contribution >= 4 is 11.4 Å². The molecule has 0 radical (unpaired) electrons. The van der Waals surface area contributed by atoms with E-state index in [0.717, 1.165) is 25.5 Å². The molecular formula is C13H15FN2O2. The van der Waals surface area contributed by atoms with Crippen molar-refractivity contribution in [2.75, 3.05) is 11.4 Å². The first-order valence-corrected chi connectivity index (χ1v) is 6.35. The van der Waals surface area contributed by atoms with Crippen molar-refractivity contribution in [3.8, 4) is 0 Å². The molecule has 2 aliphatic carbocycles. The van der Waals surface area contributed by atoms with Gasteiger partial charge in [0.2, 0.25) is 0 Å². The first-order chi connectivity index (χ1) is 8.63. The van der Waals surface area contributed by atoms with Crippen molar-refractivity contribution in [1.82, 2.24) is 0 Å². The molecule has 0 unspecified atom stereocenters. The molecule has 0 aromatic heterocycles. The van der Waals surface area contributed by atoms with Gasteiger partial charge in [0.15, 0.2) is 0 Å². The zero-order chi connectivity index (χ0) is 12.7. The van der Waals surface area contributed by atoms with Crippen molar-refractivity contribution < 1.29 is 9.31 Å². The Labute approximate surface area is 105 Å². The Hall–Kier alpha value is -1.65. The van der Waals surface area contributed by atoms with Crippen LogP contribution in [0.15, 0.2) is 18.2 Å². The number of nitrogens with zero attached hydrogens (tertiary/aromatic N) is 2. The fourth-order valence-corrected chi connectivity index (χ4v) is 2.26. The summed E-state index contributed by atoms with van der Waals surface area (Å²) < 4.78 is 13.5. The lowest BCUT2D eigenvalue weighted by molar-refractivity contribution is -0.385. The van der Waals surface area contributed by atoms with E-state index in [2.05, 4.69) is 4.90 Å². The van der Waals surface area contributed by atoms with Crippen LogP contribution in [-0.4, -0.2) is 17.5 Å². The summed E-state index contributed by atoms with van der Waals surface area (Å²) >= 11 is 0. The largest absolute Gasteiger partial charge is 0.368 e. The first kappa shape index (κ1) is 11.4. The van der Waals surface area contributed by atoms with Gasteiger partial charge in [-0.25, -0.2) is 4.39 Å². The van der Waals surface area contributed by atoms with Crippen LogP contribution in [0.5, 0.6) is 0 Å². The maximum atomic E-state index is 13.5. The third kappa shape index (κ3) is 2.44. The molecule has 0 N–H and O–H groups in total. The maximum Gasteiger partial charge on any atom is 0.274 e. The fourth-order valence-electron chi connectivity index (χ4n) is 2.26. The second kappa shape index (κ2) is 4.23. The van der Waals surface area contributed by atoms with E-state index in [-0.39, 0.29) is 5.69 Å². The summed E-state index contributed by atoms with van der Waals surface area (Å²) in [5, 5.41) is 10.8. The summed E-state index contributed by atoms with van der Waals surface area (Å²) in [6, 6.07) is 4.33. The summed E-state index contributed by atoms with van der Waals surface area (Å²) in [5.74, 6) is 0.161. The quantitative estimate of drug-likeness (QED) is 0.596. The second-order valence-electron chi connectivity index (χ2n) is 5.25. The number of hydrogen-bond acceptors (Lipinski definition) is 3. The van der Waals surface area contributed by atoms with Crippen molar-refractivity contribution in [2.45, 2.75) is 31.7 Å². The number of benzene rings is 1. The van der Waals surface area contributed by atoms with E-state index in [9.17, 15) is 14.5 Å². The van der Waals surface area contributed by atoms with Crippen LogP contribution in [0.25, 0.3) is 0 Å². The predicted molar refractivity (Wildman–Crippen MR) is 66.1 cm³/mol. The predicted octanol–water partition coefficient (Wildman–Crippen LogP) is 3.11. The van der Waals surface area contributed by atoms with Crippen molar-refractivity contribution in [3.63, 3.8) is 0 Å². The van der Waals surface area contributed by atoms with Crippen molar-refractivity contribution in [2.24, 2.45) is 5.92 Å². The molecule has 4 nitrogen and oxygen atoms in total. The van der Waals surface area contributed by atoms with E-state index in [1.54, 1.807) is 0 Å². The number of anilines is 1. The van der Waals surface area contributed by atoms with Crippen LogP contribution in [0.4, 0.5) is 15.8 Å². The van der Waals surface area contributed by atoms with E-state index in [1.807, 2.05) is 0 Å². The number of nitro groups is 1. The van der Waals surface area contributed by atoms with Gasteiger partial charge in [0.05, 0.1) is 11.0 Å². The van der Waals surface area contributed by atoms with Gasteiger partial charge in [0.25, 0.3) is 5.69 Å². The number of rotatable bonds is 5. The van der Waals surface area contributed by atoms with E-state index in [0.29, 0.717) is 17.6 Å². The van der Waals surface area contributed by atoms with E-state index < -0.39 is 10.7 Å². The fraction of sp³-hybridized carbons (Fsp3) is 0.538. The summed E-state index contributed by atoms with van der Waals surface area (Å²) in [4.78, 5) is 12.4. The molecule has 0 amide bonds. The van der Waals surface area contributed by atoms with Crippen LogP contribution in [0.3, 0.4) is 0 Å². The number of hydrogen-bond donors (Lipinski definition) is 0. The minimum Gasteiger partial charge on any atom is -0.368 e. The Morgan fingerprint density at radius 3 is 2.56 bits per heavy atom. The highest BCUT2D eigenvalue weighted by Crippen LogP contribution is 2.38. The first-order valence-electron chi connectivity index (χ1n) is 6.35. The minimum atomic E-state index is -0.533. The molecule has 0 saturated heterocycles. The number of nitro benzene ring substituents is 1. The van der Waals surface area contributed by atoms with Gasteiger partial charge in [0.1, 0.15) is 5.82 Å². The second-order valence-corrected chi connectivity index (χ2v) is 5.25. The molecule has 0 heterocycles. The Morgan fingerprint density at radius 1 is 1.28 bits per heavy atom. The molecule has 1 aromatic carbocycles. The molecule has 18 heavy (non-hydrogen) atoms. The van der Waals surface area contributed by atoms with Gasteiger partial charge in [-0.05, 0) is 37.7 Å². The third-order valence-electron chi connectivity index (χ3n) is 3.55. The topological polar surface area (TPSA) is 46.4 Å². The van der Waals surface area contributed by atoms with Gasteiger partial charge >= 0.3 is 0 Å². The van der Waals surface area contributed by atoms with Gasteiger partial charge in [0, 0.05) is 24.3 Å². The highest BCUT2D eigenvalue weighted by atomic mass is 19.1. The van der Waals surface area contributed by atoms with Gasteiger partial charge in [-0.2, -0.15) is 0 Å². The average Bonchev–Trinajstić information content (AvgIpc) is 3.17. The number of non-ortho nitro benzene ring substituents is 1. The SMILES string of the molecule is O=[N+]([O-])c1cc(F)cc(N(CC2CC2)C2CC2)c1. The highest BCUT2D eigenvalue weighted by Gasteiger charge is 2.34. The summed E-state index contributed by atoms with van der Waals surface area (Å²) in [5.41, 5.74) is 0.502. The van der Waals surface area contributed by atoms with Crippen molar-refractivity contribution in [3.05, 3.63) is 34.1 Å². The third-order valence-corrected chi connectivity index (χ3v) is 3.55. The minimum absolute atomic E-state index is 0.161. The van der Waals surface area contributed by atoms with Crippen LogP contribution in [-0.2, 0) is 0 Å². The highest BCUT2D eigenvalue weighted by molar-refractivity contribution is 5.55. The Bertz CT molecular complexity index is 484. The average molecular weight is 250 g/mol. The van der Waals surface area contributed by atoms with Crippen LogP contribution in [0.1, 0.15) is 25.7 Å². The van der Waals surface area contributed by atoms with E-state index >= 15 is 0 Å². The summed E-state index contributed by atoms with van der Waals surface area (Å²) in [6.07, 6.45) is 4.66. The Balaban J connectivity index is 1.89. The molecular weight excluding hydrogens is 235 g/mol. The van der Waals surface area contributed by atoms with Crippen LogP contribution < -0.4 is 4.90 Å². The standard InChI is InChI=1S/C13H15FN2O2/c14-10-5-12(7-13(6-10)16(17)18)15(11-3-4-11)8-9-1-2-9/h5-7,9,11H,1-4,8H2. The van der Waals surface area contributed by atoms with Crippen LogP contribution in [0, 0.1) is 21.8 Å². The lowest BCUT2D eigenvalue weighted by Gasteiger charge is -2.24. The molecule has 0 aliphatic heterocycles. The lowest BCUT2D eigenvalue weighted by Crippen LogP contribution is -2.28. The van der Waals surface area contributed by atoms with Crippen molar-refractivity contribution in [1.29, 1.82) is 0 Å². The van der Waals surface area contributed by atoms with Gasteiger partial charge in [-0.15, -0.1) is 0 Å². The molecule has 0 bridgehead atoms. The molecule has 2 fully saturated rings. The molecule has 1 aromatic rings. The molecule has 2 aliphatic rings. The molecule has 3 rings (SSSR count). The Morgan fingerprint density at radius 2 is 2.00 bits per heavy atom. The van der Waals surface area contributed by atoms with Gasteiger partial charge in [-0.1, -0.05) is 0 Å². The number of halogens is 1. The zero-order valence-corrected chi connectivity index (χ0v) is 10.0. The summed E-state index contributed by atoms with van der Waals surface area (Å²) in [7, 11) is 0. The van der Waals surface area contributed by atoms with Gasteiger partial charge in [-0.3, -0.25) is 10.1 Å². The normalized spacial score (nSPS) is 18.7. The Kier molecular flexibility index (Phi) is 2.69. The molecule has 0 atom stereocenters. The van der Waals surface area contributed by atoms with E-state index in [4.69, 9.17) is 0 Å². The molecule has 5 heteroatoms. The van der Waals surface area contributed by atoms with E-state index in [1.165, 1.54) is 25.0 Å². The van der Waals surface area contributed by atoms with Crippen LogP contribution >= 0.6 is 0 Å². The zero-order valence-electron chi connectivity index (χ0n) is 10.0. The molecule has 0 spiro atoms.